The molecule has 3 N–H and O–H groups in total. The minimum atomic E-state index is -0.292. The average molecular weight is 202 g/mol. The topological polar surface area (TPSA) is 70.0 Å². The van der Waals surface area contributed by atoms with Crippen LogP contribution in [0.1, 0.15) is 36.8 Å². The first kappa shape index (κ1) is 10.0. The number of nitriles is 1. The Hall–Kier alpha value is -1.53. The van der Waals surface area contributed by atoms with Gasteiger partial charge in [0.15, 0.2) is 0 Å². The summed E-state index contributed by atoms with van der Waals surface area (Å²) < 4.78 is 0. The average Bonchev–Trinajstić information content (AvgIpc) is 2.67. The minimum absolute atomic E-state index is 0.0304. The lowest BCUT2D eigenvalue weighted by Gasteiger charge is -2.24. The number of benzene rings is 1. The number of phenolic OH excluding ortho intramolecular Hbond substituents is 1. The van der Waals surface area contributed by atoms with Gasteiger partial charge in [-0.05, 0) is 30.5 Å². The predicted molar refractivity (Wildman–Crippen MR) is 57.2 cm³/mol. The van der Waals surface area contributed by atoms with Crippen molar-refractivity contribution in [2.75, 3.05) is 0 Å². The number of hydrogen-bond acceptors (Lipinski definition) is 3. The van der Waals surface area contributed by atoms with Crippen LogP contribution in [0.5, 0.6) is 5.75 Å². The van der Waals surface area contributed by atoms with Crippen molar-refractivity contribution in [3.8, 4) is 11.8 Å². The van der Waals surface area contributed by atoms with Crippen molar-refractivity contribution in [3.63, 3.8) is 0 Å². The van der Waals surface area contributed by atoms with Crippen LogP contribution >= 0.6 is 0 Å². The maximum Gasteiger partial charge on any atom is 0.133 e. The van der Waals surface area contributed by atoms with E-state index in [1.54, 1.807) is 12.1 Å². The third-order valence-corrected chi connectivity index (χ3v) is 3.19. The summed E-state index contributed by atoms with van der Waals surface area (Å²) in [5.74, 6) is 0.0304. The summed E-state index contributed by atoms with van der Waals surface area (Å²) in [4.78, 5) is 0. The fraction of sp³-hybridized carbons (Fsp3) is 0.417. The monoisotopic (exact) mass is 202 g/mol. The van der Waals surface area contributed by atoms with Gasteiger partial charge in [-0.3, -0.25) is 0 Å². The molecule has 2 rings (SSSR count). The highest BCUT2D eigenvalue weighted by atomic mass is 16.3. The Balaban J connectivity index is 2.41. The number of aromatic hydroxyl groups is 1. The first-order valence-corrected chi connectivity index (χ1v) is 5.18. The van der Waals surface area contributed by atoms with Gasteiger partial charge in [-0.2, -0.15) is 5.26 Å². The molecule has 78 valence electrons. The van der Waals surface area contributed by atoms with Gasteiger partial charge in [-0.15, -0.1) is 0 Å². The molecule has 1 aliphatic rings. The number of rotatable bonds is 1. The quantitative estimate of drug-likeness (QED) is 0.731. The Bertz CT molecular complexity index is 414. The molecule has 0 amide bonds. The lowest BCUT2D eigenvalue weighted by molar-refractivity contribution is 0.454. The van der Waals surface area contributed by atoms with E-state index in [2.05, 4.69) is 0 Å². The fourth-order valence-corrected chi connectivity index (χ4v) is 2.23. The van der Waals surface area contributed by atoms with Crippen LogP contribution in [0.25, 0.3) is 0 Å². The van der Waals surface area contributed by atoms with Crippen molar-refractivity contribution in [3.05, 3.63) is 29.3 Å². The SMILES string of the molecule is N#Cc1cc(C2(N)CCCC2)ccc1O. The molecule has 0 heterocycles. The Morgan fingerprint density at radius 2 is 2.00 bits per heavy atom. The van der Waals surface area contributed by atoms with Crippen LogP contribution in [-0.4, -0.2) is 5.11 Å². The molecule has 0 unspecified atom stereocenters. The standard InChI is InChI=1S/C12H14N2O/c13-8-9-7-10(3-4-11(9)15)12(14)5-1-2-6-12/h3-4,7,15H,1-2,5-6,14H2. The molecule has 1 aromatic carbocycles. The van der Waals surface area contributed by atoms with Gasteiger partial charge in [0, 0.05) is 5.54 Å². The van der Waals surface area contributed by atoms with E-state index in [9.17, 15) is 5.11 Å². The molecule has 1 aromatic rings. The van der Waals surface area contributed by atoms with Gasteiger partial charge in [0.1, 0.15) is 11.8 Å². The maximum atomic E-state index is 9.40. The number of phenols is 1. The zero-order valence-electron chi connectivity index (χ0n) is 8.53. The highest BCUT2D eigenvalue weighted by molar-refractivity contribution is 5.46. The van der Waals surface area contributed by atoms with Crippen molar-refractivity contribution in [2.45, 2.75) is 31.2 Å². The van der Waals surface area contributed by atoms with Crippen LogP contribution in [0.15, 0.2) is 18.2 Å². The zero-order chi connectivity index (χ0) is 10.9. The normalized spacial score (nSPS) is 18.7. The molecule has 0 aliphatic heterocycles. The Morgan fingerprint density at radius 1 is 1.33 bits per heavy atom. The molecule has 0 atom stereocenters. The Labute approximate surface area is 89.1 Å². The molecular weight excluding hydrogens is 188 g/mol. The largest absolute Gasteiger partial charge is 0.507 e. The van der Waals surface area contributed by atoms with Crippen LogP contribution in [0, 0.1) is 11.3 Å². The molecule has 0 radical (unpaired) electrons. The van der Waals surface area contributed by atoms with Crippen LogP contribution in [-0.2, 0) is 5.54 Å². The first-order valence-electron chi connectivity index (χ1n) is 5.18. The molecule has 1 fully saturated rings. The van der Waals surface area contributed by atoms with Gasteiger partial charge < -0.3 is 10.8 Å². The van der Waals surface area contributed by atoms with Crippen LogP contribution in [0.2, 0.25) is 0 Å². The third kappa shape index (κ3) is 1.69. The summed E-state index contributed by atoms with van der Waals surface area (Å²) in [6.45, 7) is 0. The summed E-state index contributed by atoms with van der Waals surface area (Å²) in [7, 11) is 0. The molecule has 1 aliphatic carbocycles. The lowest BCUT2D eigenvalue weighted by Crippen LogP contribution is -2.33. The van der Waals surface area contributed by atoms with Gasteiger partial charge in [0.05, 0.1) is 5.56 Å². The maximum absolute atomic E-state index is 9.40. The van der Waals surface area contributed by atoms with E-state index < -0.39 is 0 Å². The molecule has 0 aromatic heterocycles. The van der Waals surface area contributed by atoms with Crippen molar-refractivity contribution in [2.24, 2.45) is 5.73 Å². The second-order valence-corrected chi connectivity index (χ2v) is 4.21. The van der Waals surface area contributed by atoms with Gasteiger partial charge in [0.25, 0.3) is 0 Å². The van der Waals surface area contributed by atoms with E-state index >= 15 is 0 Å². The molecule has 3 heteroatoms. The van der Waals surface area contributed by atoms with Gasteiger partial charge >= 0.3 is 0 Å². The molecule has 0 spiro atoms. The first-order chi connectivity index (χ1) is 7.15. The lowest BCUT2D eigenvalue weighted by atomic mass is 9.88. The summed E-state index contributed by atoms with van der Waals surface area (Å²) >= 11 is 0. The molecule has 0 saturated heterocycles. The summed E-state index contributed by atoms with van der Waals surface area (Å²) in [6.07, 6.45) is 4.20. The number of nitrogens with zero attached hydrogens (tertiary/aromatic N) is 1. The van der Waals surface area contributed by atoms with Crippen LogP contribution in [0.4, 0.5) is 0 Å². The van der Waals surface area contributed by atoms with Gasteiger partial charge in [-0.25, -0.2) is 0 Å². The minimum Gasteiger partial charge on any atom is -0.507 e. The third-order valence-electron chi connectivity index (χ3n) is 3.19. The van der Waals surface area contributed by atoms with E-state index in [0.29, 0.717) is 5.56 Å². The van der Waals surface area contributed by atoms with E-state index in [-0.39, 0.29) is 11.3 Å². The van der Waals surface area contributed by atoms with E-state index in [1.165, 1.54) is 0 Å². The van der Waals surface area contributed by atoms with Crippen LogP contribution in [0.3, 0.4) is 0 Å². The van der Waals surface area contributed by atoms with E-state index in [0.717, 1.165) is 31.2 Å². The molecular formula is C12H14N2O. The van der Waals surface area contributed by atoms with Crippen molar-refractivity contribution in [1.82, 2.24) is 0 Å². The molecule has 3 nitrogen and oxygen atoms in total. The second kappa shape index (κ2) is 3.56. The predicted octanol–water partition coefficient (Wildman–Crippen LogP) is 1.99. The zero-order valence-corrected chi connectivity index (χ0v) is 8.53. The summed E-state index contributed by atoms with van der Waals surface area (Å²) in [6, 6.07) is 7.06. The smallest absolute Gasteiger partial charge is 0.133 e. The van der Waals surface area contributed by atoms with E-state index in [1.807, 2.05) is 12.1 Å². The highest BCUT2D eigenvalue weighted by Gasteiger charge is 2.31. The molecule has 15 heavy (non-hydrogen) atoms. The van der Waals surface area contributed by atoms with E-state index in [4.69, 9.17) is 11.0 Å². The Kier molecular flexibility index (Phi) is 2.37. The second-order valence-electron chi connectivity index (χ2n) is 4.21. The highest BCUT2D eigenvalue weighted by Crippen LogP contribution is 2.37. The Morgan fingerprint density at radius 3 is 2.60 bits per heavy atom. The summed E-state index contributed by atoms with van der Waals surface area (Å²) in [5.41, 5.74) is 7.25. The number of nitrogens with two attached hydrogens (primary N) is 1. The number of hydrogen-bond donors (Lipinski definition) is 2. The van der Waals surface area contributed by atoms with Crippen molar-refractivity contribution in [1.29, 1.82) is 5.26 Å². The fourth-order valence-electron chi connectivity index (χ4n) is 2.23. The summed E-state index contributed by atoms with van der Waals surface area (Å²) in [5, 5.41) is 18.2. The molecule has 1 saturated carbocycles. The molecule has 0 bridgehead atoms. The van der Waals surface area contributed by atoms with Crippen molar-refractivity contribution < 1.29 is 5.11 Å². The van der Waals surface area contributed by atoms with Gasteiger partial charge in [-0.1, -0.05) is 18.9 Å². The van der Waals surface area contributed by atoms with Crippen LogP contribution < -0.4 is 5.73 Å². The van der Waals surface area contributed by atoms with Gasteiger partial charge in [0.2, 0.25) is 0 Å². The van der Waals surface area contributed by atoms with Crippen molar-refractivity contribution >= 4 is 0 Å².